The van der Waals surface area contributed by atoms with Crippen LogP contribution in [0.25, 0.3) is 0 Å². The summed E-state index contributed by atoms with van der Waals surface area (Å²) in [5.74, 6) is 0. The number of thiophene rings is 1. The Hall–Kier alpha value is -0.340. The van der Waals surface area contributed by atoms with Crippen LogP contribution in [0.4, 0.5) is 0 Å². The third-order valence-corrected chi connectivity index (χ3v) is 3.31. The van der Waals surface area contributed by atoms with Crippen LogP contribution in [0.3, 0.4) is 0 Å². The van der Waals surface area contributed by atoms with Gasteiger partial charge in [-0.15, -0.1) is 0 Å². The largest absolute Gasteiger partial charge is 0.317 e. The summed E-state index contributed by atoms with van der Waals surface area (Å²) in [5.41, 5.74) is 3.15. The molecular formula is C9H13NS. The maximum Gasteiger partial charge on any atom is 0.0108 e. The van der Waals surface area contributed by atoms with Crippen molar-refractivity contribution in [2.24, 2.45) is 0 Å². The fourth-order valence-electron chi connectivity index (χ4n) is 1.69. The van der Waals surface area contributed by atoms with E-state index in [1.807, 2.05) is 11.3 Å². The van der Waals surface area contributed by atoms with E-state index in [-0.39, 0.29) is 0 Å². The lowest BCUT2D eigenvalue weighted by Crippen LogP contribution is -2.30. The molecule has 1 nitrogen and oxygen atoms in total. The Kier molecular flexibility index (Phi) is 1.96. The number of nitrogens with one attached hydrogen (secondary N) is 1. The molecule has 0 amide bonds. The summed E-state index contributed by atoms with van der Waals surface area (Å²) < 4.78 is 0. The zero-order chi connectivity index (χ0) is 7.68. The Bertz CT molecular complexity index is 241. The highest BCUT2D eigenvalue weighted by atomic mass is 32.1. The van der Waals surface area contributed by atoms with Crippen molar-refractivity contribution in [3.8, 4) is 0 Å². The van der Waals surface area contributed by atoms with E-state index in [1.54, 1.807) is 11.1 Å². The van der Waals surface area contributed by atoms with Gasteiger partial charge in [-0.25, -0.2) is 0 Å². The van der Waals surface area contributed by atoms with Crippen LogP contribution in [0.2, 0.25) is 0 Å². The first kappa shape index (κ1) is 7.32. The molecule has 1 aliphatic rings. The van der Waals surface area contributed by atoms with Gasteiger partial charge in [0.2, 0.25) is 0 Å². The summed E-state index contributed by atoms with van der Waals surface area (Å²) in [6.07, 6.45) is 3.81. The predicted octanol–water partition coefficient (Wildman–Crippen LogP) is 1.82. The second-order valence-electron chi connectivity index (χ2n) is 3.15. The first-order valence-corrected chi connectivity index (χ1v) is 5.05. The van der Waals surface area contributed by atoms with Crippen molar-refractivity contribution in [2.45, 2.75) is 25.3 Å². The second-order valence-corrected chi connectivity index (χ2v) is 3.89. The predicted molar refractivity (Wildman–Crippen MR) is 49.2 cm³/mol. The molecule has 0 aliphatic heterocycles. The molecule has 0 aromatic carbocycles. The topological polar surface area (TPSA) is 12.0 Å². The third-order valence-electron chi connectivity index (χ3n) is 2.47. The molecule has 0 bridgehead atoms. The van der Waals surface area contributed by atoms with Crippen LogP contribution < -0.4 is 5.32 Å². The van der Waals surface area contributed by atoms with Gasteiger partial charge in [0.05, 0.1) is 0 Å². The average molecular weight is 167 g/mol. The number of fused-ring (bicyclic) bond motifs is 1. The molecule has 60 valence electrons. The number of aryl methyl sites for hydroxylation is 1. The zero-order valence-electron chi connectivity index (χ0n) is 6.76. The van der Waals surface area contributed by atoms with Gasteiger partial charge >= 0.3 is 0 Å². The van der Waals surface area contributed by atoms with Gasteiger partial charge in [-0.1, -0.05) is 0 Å². The molecule has 11 heavy (non-hydrogen) atoms. The highest BCUT2D eigenvalue weighted by Gasteiger charge is 2.16. The second kappa shape index (κ2) is 2.95. The van der Waals surface area contributed by atoms with E-state index in [0.717, 1.165) is 6.04 Å². The summed E-state index contributed by atoms with van der Waals surface area (Å²) >= 11 is 1.84. The van der Waals surface area contributed by atoms with Gasteiger partial charge in [-0.3, -0.25) is 0 Å². The Morgan fingerprint density at radius 2 is 2.27 bits per heavy atom. The Morgan fingerprint density at radius 1 is 1.45 bits per heavy atom. The molecule has 2 rings (SSSR count). The lowest BCUT2D eigenvalue weighted by atomic mass is 9.92. The maximum atomic E-state index is 3.34. The molecule has 1 atom stereocenters. The minimum Gasteiger partial charge on any atom is -0.317 e. The highest BCUT2D eigenvalue weighted by molar-refractivity contribution is 7.08. The molecule has 0 radical (unpaired) electrons. The summed E-state index contributed by atoms with van der Waals surface area (Å²) in [6.45, 7) is 0. The van der Waals surface area contributed by atoms with Gasteiger partial charge in [0.1, 0.15) is 0 Å². The van der Waals surface area contributed by atoms with Gasteiger partial charge in [0, 0.05) is 6.04 Å². The van der Waals surface area contributed by atoms with Gasteiger partial charge in [-0.2, -0.15) is 11.3 Å². The van der Waals surface area contributed by atoms with E-state index in [9.17, 15) is 0 Å². The number of hydrogen-bond acceptors (Lipinski definition) is 2. The molecule has 1 aromatic rings. The number of hydrogen-bond donors (Lipinski definition) is 1. The summed E-state index contributed by atoms with van der Waals surface area (Å²) in [4.78, 5) is 0. The standard InChI is InChI=1S/C9H13NS/c1-10-9-3-2-7-5-11-6-8(7)4-9/h5-6,9-10H,2-4H2,1H3. The van der Waals surface area contributed by atoms with E-state index >= 15 is 0 Å². The van der Waals surface area contributed by atoms with Gasteiger partial charge in [0.15, 0.2) is 0 Å². The van der Waals surface area contributed by atoms with Crippen molar-refractivity contribution in [3.63, 3.8) is 0 Å². The van der Waals surface area contributed by atoms with Crippen molar-refractivity contribution in [1.82, 2.24) is 5.32 Å². The Balaban J connectivity index is 2.18. The van der Waals surface area contributed by atoms with Crippen LogP contribution in [0.5, 0.6) is 0 Å². The molecule has 1 aromatic heterocycles. The van der Waals surface area contributed by atoms with E-state index in [0.29, 0.717) is 0 Å². The fourth-order valence-corrected chi connectivity index (χ4v) is 2.61. The van der Waals surface area contributed by atoms with Crippen molar-refractivity contribution in [3.05, 3.63) is 21.9 Å². The first-order chi connectivity index (χ1) is 5.40. The fraction of sp³-hybridized carbons (Fsp3) is 0.556. The molecule has 1 unspecified atom stereocenters. The van der Waals surface area contributed by atoms with Gasteiger partial charge in [-0.05, 0) is 48.2 Å². The maximum absolute atomic E-state index is 3.34. The SMILES string of the molecule is CNC1CCc2cscc2C1. The van der Waals surface area contributed by atoms with Crippen molar-refractivity contribution in [2.75, 3.05) is 7.05 Å². The van der Waals surface area contributed by atoms with E-state index in [1.165, 1.54) is 19.3 Å². The lowest BCUT2D eigenvalue weighted by Gasteiger charge is -2.21. The van der Waals surface area contributed by atoms with Gasteiger partial charge in [0.25, 0.3) is 0 Å². The van der Waals surface area contributed by atoms with Crippen LogP contribution in [-0.2, 0) is 12.8 Å². The molecule has 1 N–H and O–H groups in total. The van der Waals surface area contributed by atoms with Crippen LogP contribution in [0.15, 0.2) is 10.8 Å². The normalized spacial score (nSPS) is 23.2. The molecular weight excluding hydrogens is 154 g/mol. The highest BCUT2D eigenvalue weighted by Crippen LogP contribution is 2.24. The number of rotatable bonds is 1. The molecule has 0 saturated carbocycles. The van der Waals surface area contributed by atoms with E-state index in [2.05, 4.69) is 23.1 Å². The van der Waals surface area contributed by atoms with Crippen molar-refractivity contribution >= 4 is 11.3 Å². The smallest absolute Gasteiger partial charge is 0.0108 e. The summed E-state index contributed by atoms with van der Waals surface area (Å²) in [5, 5.41) is 7.92. The summed E-state index contributed by atoms with van der Waals surface area (Å²) in [6, 6.07) is 0.720. The molecule has 1 aliphatic carbocycles. The number of likely N-dealkylation sites (N-methyl/N-ethyl adjacent to an activating group) is 1. The Morgan fingerprint density at radius 3 is 3.09 bits per heavy atom. The van der Waals surface area contributed by atoms with E-state index in [4.69, 9.17) is 0 Å². The van der Waals surface area contributed by atoms with Crippen LogP contribution in [-0.4, -0.2) is 13.1 Å². The van der Waals surface area contributed by atoms with Crippen LogP contribution >= 0.6 is 11.3 Å². The quantitative estimate of drug-likeness (QED) is 0.673. The Labute approximate surface area is 71.4 Å². The van der Waals surface area contributed by atoms with Gasteiger partial charge < -0.3 is 5.32 Å². The van der Waals surface area contributed by atoms with E-state index < -0.39 is 0 Å². The summed E-state index contributed by atoms with van der Waals surface area (Å²) in [7, 11) is 2.06. The molecule has 0 saturated heterocycles. The lowest BCUT2D eigenvalue weighted by molar-refractivity contribution is 0.498. The zero-order valence-corrected chi connectivity index (χ0v) is 7.58. The first-order valence-electron chi connectivity index (χ1n) is 4.11. The third kappa shape index (κ3) is 1.33. The minimum absolute atomic E-state index is 0.720. The minimum atomic E-state index is 0.720. The van der Waals surface area contributed by atoms with Crippen molar-refractivity contribution in [1.29, 1.82) is 0 Å². The average Bonchev–Trinajstić information content (AvgIpc) is 2.50. The van der Waals surface area contributed by atoms with Crippen LogP contribution in [0.1, 0.15) is 17.5 Å². The van der Waals surface area contributed by atoms with Crippen molar-refractivity contribution < 1.29 is 0 Å². The van der Waals surface area contributed by atoms with Crippen LogP contribution in [0, 0.1) is 0 Å². The monoisotopic (exact) mass is 167 g/mol. The molecule has 1 heterocycles. The molecule has 0 spiro atoms. The molecule has 0 fully saturated rings. The molecule has 2 heteroatoms.